The van der Waals surface area contributed by atoms with Gasteiger partial charge in [0.15, 0.2) is 5.82 Å². The van der Waals surface area contributed by atoms with Crippen LogP contribution in [-0.2, 0) is 4.79 Å². The molecule has 3 heterocycles. The van der Waals surface area contributed by atoms with E-state index in [1.807, 2.05) is 47.0 Å². The number of fused-ring (bicyclic) bond motifs is 1. The van der Waals surface area contributed by atoms with Crippen LogP contribution >= 0.6 is 0 Å². The van der Waals surface area contributed by atoms with Gasteiger partial charge in [0.05, 0.1) is 17.4 Å². The van der Waals surface area contributed by atoms with Crippen LogP contribution in [0.15, 0.2) is 55.0 Å². The number of pyridine rings is 1. The third kappa shape index (κ3) is 2.85. The Balaban J connectivity index is 1.53. The predicted octanol–water partition coefficient (Wildman–Crippen LogP) is 2.42. The number of aromatic amines is 1. The molecule has 1 amide bonds. The highest BCUT2D eigenvalue weighted by Crippen LogP contribution is 2.19. The molecular formula is C17H15N7O. The van der Waals surface area contributed by atoms with Gasteiger partial charge in [0.2, 0.25) is 11.9 Å². The minimum Gasteiger partial charge on any atom is -0.318 e. The maximum absolute atomic E-state index is 12.5. The molecule has 0 radical (unpaired) electrons. The van der Waals surface area contributed by atoms with Crippen LogP contribution in [0, 0.1) is 0 Å². The lowest BCUT2D eigenvalue weighted by atomic mass is 10.2. The smallest absolute Gasteiger partial charge is 0.249 e. The topological polar surface area (TPSA) is 101 Å². The van der Waals surface area contributed by atoms with Gasteiger partial charge < -0.3 is 4.57 Å². The van der Waals surface area contributed by atoms with Crippen molar-refractivity contribution < 1.29 is 4.79 Å². The second-order valence-electron chi connectivity index (χ2n) is 5.53. The number of carbonyl (C=O) groups excluding carboxylic acids is 1. The fraction of sp³-hybridized carbons (Fsp3) is 0.118. The zero-order valence-corrected chi connectivity index (χ0v) is 13.4. The fourth-order valence-corrected chi connectivity index (χ4v) is 2.56. The zero-order valence-electron chi connectivity index (χ0n) is 13.4. The highest BCUT2D eigenvalue weighted by molar-refractivity contribution is 5.93. The molecular weight excluding hydrogens is 318 g/mol. The molecule has 0 spiro atoms. The lowest BCUT2D eigenvalue weighted by Crippen LogP contribution is -2.23. The molecule has 8 nitrogen and oxygen atoms in total. The quantitative estimate of drug-likeness (QED) is 0.597. The third-order valence-corrected chi connectivity index (χ3v) is 3.91. The number of benzene rings is 1. The second-order valence-corrected chi connectivity index (χ2v) is 5.53. The van der Waals surface area contributed by atoms with E-state index in [-0.39, 0.29) is 11.9 Å². The number of para-hydroxylation sites is 2. The van der Waals surface area contributed by atoms with Gasteiger partial charge in [-0.25, -0.2) is 4.98 Å². The van der Waals surface area contributed by atoms with Crippen LogP contribution in [0.5, 0.6) is 0 Å². The molecule has 0 saturated heterocycles. The van der Waals surface area contributed by atoms with Crippen LogP contribution in [0.4, 0.5) is 5.95 Å². The maximum atomic E-state index is 12.5. The van der Waals surface area contributed by atoms with Gasteiger partial charge in [0, 0.05) is 6.20 Å². The molecule has 0 saturated carbocycles. The number of anilines is 1. The standard InChI is InChI=1S/C17H15N7O/c1-11(24-10-19-12-6-2-3-8-14(12)24)16(25)21-17-20-15(22-23-17)13-7-4-5-9-18-13/h2-11H,1H3,(H2,20,21,22,23,25)/t11-/m0/s1. The molecule has 0 unspecified atom stereocenters. The number of hydrogen-bond acceptors (Lipinski definition) is 5. The van der Waals surface area contributed by atoms with E-state index in [9.17, 15) is 4.79 Å². The van der Waals surface area contributed by atoms with Gasteiger partial charge in [-0.1, -0.05) is 18.2 Å². The molecule has 25 heavy (non-hydrogen) atoms. The van der Waals surface area contributed by atoms with Crippen molar-refractivity contribution in [2.45, 2.75) is 13.0 Å². The molecule has 1 aromatic carbocycles. The Labute approximate surface area is 143 Å². The number of nitrogens with zero attached hydrogens (tertiary/aromatic N) is 5. The maximum Gasteiger partial charge on any atom is 0.249 e. The number of H-pyrrole nitrogens is 1. The Hall–Kier alpha value is -3.55. The Morgan fingerprint density at radius 2 is 2.00 bits per heavy atom. The Kier molecular flexibility index (Phi) is 3.70. The largest absolute Gasteiger partial charge is 0.318 e. The molecule has 4 rings (SSSR count). The van der Waals surface area contributed by atoms with Crippen LogP contribution < -0.4 is 5.32 Å². The van der Waals surface area contributed by atoms with E-state index in [1.54, 1.807) is 19.4 Å². The van der Waals surface area contributed by atoms with Crippen molar-refractivity contribution in [3.63, 3.8) is 0 Å². The van der Waals surface area contributed by atoms with E-state index in [0.29, 0.717) is 11.5 Å². The van der Waals surface area contributed by atoms with Crippen LogP contribution in [0.1, 0.15) is 13.0 Å². The first-order chi connectivity index (χ1) is 12.2. The lowest BCUT2D eigenvalue weighted by Gasteiger charge is -2.12. The summed E-state index contributed by atoms with van der Waals surface area (Å²) in [6, 6.07) is 12.7. The van der Waals surface area contributed by atoms with E-state index in [0.717, 1.165) is 11.0 Å². The van der Waals surface area contributed by atoms with Gasteiger partial charge in [0.25, 0.3) is 0 Å². The molecule has 0 bridgehead atoms. The SMILES string of the molecule is C[C@@H](C(=O)Nc1n[nH]c(-c2ccccn2)n1)n1cnc2ccccc21. The van der Waals surface area contributed by atoms with Crippen molar-refractivity contribution in [1.29, 1.82) is 0 Å². The number of carbonyl (C=O) groups is 1. The third-order valence-electron chi connectivity index (χ3n) is 3.91. The summed E-state index contributed by atoms with van der Waals surface area (Å²) in [6.07, 6.45) is 3.33. The minimum absolute atomic E-state index is 0.210. The summed E-state index contributed by atoms with van der Waals surface area (Å²) in [4.78, 5) is 25.3. The van der Waals surface area contributed by atoms with Crippen molar-refractivity contribution in [2.75, 3.05) is 5.32 Å². The first-order valence-corrected chi connectivity index (χ1v) is 7.78. The first-order valence-electron chi connectivity index (χ1n) is 7.78. The number of amides is 1. The lowest BCUT2D eigenvalue weighted by molar-refractivity contribution is -0.118. The molecule has 2 N–H and O–H groups in total. The van der Waals surface area contributed by atoms with E-state index < -0.39 is 6.04 Å². The van der Waals surface area contributed by atoms with Crippen molar-refractivity contribution in [2.24, 2.45) is 0 Å². The van der Waals surface area contributed by atoms with E-state index in [2.05, 4.69) is 30.5 Å². The van der Waals surface area contributed by atoms with E-state index >= 15 is 0 Å². The Morgan fingerprint density at radius 1 is 1.16 bits per heavy atom. The number of nitrogens with one attached hydrogen (secondary N) is 2. The van der Waals surface area contributed by atoms with Crippen LogP contribution in [0.25, 0.3) is 22.6 Å². The predicted molar refractivity (Wildman–Crippen MR) is 92.7 cm³/mol. The molecule has 1 atom stereocenters. The van der Waals surface area contributed by atoms with Gasteiger partial charge >= 0.3 is 0 Å². The van der Waals surface area contributed by atoms with Crippen molar-refractivity contribution in [1.82, 2.24) is 29.7 Å². The zero-order chi connectivity index (χ0) is 17.2. The summed E-state index contributed by atoms with van der Waals surface area (Å²) in [5.74, 6) is 0.480. The normalized spacial score (nSPS) is 12.2. The molecule has 124 valence electrons. The molecule has 8 heteroatoms. The first kappa shape index (κ1) is 15.0. The van der Waals surface area contributed by atoms with Gasteiger partial charge in [-0.05, 0) is 31.2 Å². The van der Waals surface area contributed by atoms with Gasteiger partial charge in [-0.3, -0.25) is 20.2 Å². The van der Waals surface area contributed by atoms with Gasteiger partial charge in [0.1, 0.15) is 11.7 Å². The highest BCUT2D eigenvalue weighted by Gasteiger charge is 2.19. The second kappa shape index (κ2) is 6.16. The monoisotopic (exact) mass is 333 g/mol. The van der Waals surface area contributed by atoms with Crippen LogP contribution in [-0.4, -0.2) is 35.6 Å². The number of rotatable bonds is 4. The number of hydrogen-bond donors (Lipinski definition) is 2. The minimum atomic E-state index is -0.454. The summed E-state index contributed by atoms with van der Waals surface area (Å²) in [5, 5.41) is 9.51. The molecule has 0 aliphatic carbocycles. The molecule has 0 aliphatic heterocycles. The summed E-state index contributed by atoms with van der Waals surface area (Å²) in [6.45, 7) is 1.80. The highest BCUT2D eigenvalue weighted by atomic mass is 16.2. The van der Waals surface area contributed by atoms with Crippen LogP contribution in [0.3, 0.4) is 0 Å². The summed E-state index contributed by atoms with van der Waals surface area (Å²) in [5.41, 5.74) is 2.40. The number of imidazole rings is 1. The van der Waals surface area contributed by atoms with Gasteiger partial charge in [-0.2, -0.15) is 4.98 Å². The van der Waals surface area contributed by atoms with Crippen molar-refractivity contribution in [3.05, 3.63) is 55.0 Å². The Morgan fingerprint density at radius 3 is 2.84 bits per heavy atom. The van der Waals surface area contributed by atoms with Crippen molar-refractivity contribution >= 4 is 22.9 Å². The molecule has 3 aromatic heterocycles. The van der Waals surface area contributed by atoms with Crippen LogP contribution in [0.2, 0.25) is 0 Å². The van der Waals surface area contributed by atoms with Gasteiger partial charge in [-0.15, -0.1) is 5.10 Å². The molecule has 0 aliphatic rings. The average molecular weight is 333 g/mol. The number of aromatic nitrogens is 6. The molecule has 4 aromatic rings. The average Bonchev–Trinajstić information content (AvgIpc) is 3.29. The molecule has 0 fully saturated rings. The van der Waals surface area contributed by atoms with Crippen molar-refractivity contribution in [3.8, 4) is 11.5 Å². The van der Waals surface area contributed by atoms with E-state index in [4.69, 9.17) is 0 Å². The summed E-state index contributed by atoms with van der Waals surface area (Å²) < 4.78 is 1.82. The van der Waals surface area contributed by atoms with E-state index in [1.165, 1.54) is 0 Å². The summed E-state index contributed by atoms with van der Waals surface area (Å²) >= 11 is 0. The Bertz CT molecular complexity index is 1020. The summed E-state index contributed by atoms with van der Waals surface area (Å²) in [7, 11) is 0. The fourth-order valence-electron chi connectivity index (χ4n) is 2.56.